The molecule has 0 aromatic heterocycles. The Balaban J connectivity index is 1.92. The molecule has 0 aromatic rings. The van der Waals surface area contributed by atoms with Gasteiger partial charge in [-0.3, -0.25) is 4.79 Å². The van der Waals surface area contributed by atoms with E-state index in [0.29, 0.717) is 6.42 Å². The zero-order valence-corrected chi connectivity index (χ0v) is 11.2. The second-order valence-electron chi connectivity index (χ2n) is 5.75. The van der Waals surface area contributed by atoms with Crippen LogP contribution < -0.4 is 5.32 Å². The molecule has 2 aliphatic heterocycles. The molecule has 1 fully saturated rings. The molecule has 0 aromatic carbocycles. The highest BCUT2D eigenvalue weighted by atomic mass is 16.2. The SMILES string of the molecule is CN1C[C@@H](C2C3=C(C=CC2C#N)NCCC3)CC1=O. The summed E-state index contributed by atoms with van der Waals surface area (Å²) in [6, 6.07) is 2.42. The standard InChI is InChI=1S/C15H19N3O/c1-18-9-11(7-14(18)19)15-10(8-16)4-5-13-12(15)3-2-6-17-13/h4-5,10-11,15,17H,2-3,6-7,9H2,1H3/t10?,11-,15?/m0/s1. The van der Waals surface area contributed by atoms with Gasteiger partial charge in [0, 0.05) is 38.2 Å². The maximum atomic E-state index is 11.8. The Morgan fingerprint density at radius 1 is 1.53 bits per heavy atom. The van der Waals surface area contributed by atoms with Crippen molar-refractivity contribution >= 4 is 5.91 Å². The van der Waals surface area contributed by atoms with Crippen LogP contribution in [0.2, 0.25) is 0 Å². The summed E-state index contributed by atoms with van der Waals surface area (Å²) in [6.45, 7) is 1.79. The van der Waals surface area contributed by atoms with E-state index in [1.165, 1.54) is 11.3 Å². The number of amides is 1. The Morgan fingerprint density at radius 2 is 2.37 bits per heavy atom. The van der Waals surface area contributed by atoms with Crippen molar-refractivity contribution in [2.24, 2.45) is 17.8 Å². The monoisotopic (exact) mass is 257 g/mol. The van der Waals surface area contributed by atoms with Gasteiger partial charge in [-0.25, -0.2) is 0 Å². The fourth-order valence-electron chi connectivity index (χ4n) is 3.64. The van der Waals surface area contributed by atoms with Gasteiger partial charge < -0.3 is 10.2 Å². The topological polar surface area (TPSA) is 56.1 Å². The van der Waals surface area contributed by atoms with Crippen LogP contribution in [0.25, 0.3) is 0 Å². The number of hydrogen-bond acceptors (Lipinski definition) is 3. The van der Waals surface area contributed by atoms with Gasteiger partial charge in [0.1, 0.15) is 0 Å². The number of carbonyl (C=O) groups excluding carboxylic acids is 1. The number of nitriles is 1. The van der Waals surface area contributed by atoms with Crippen molar-refractivity contribution in [2.45, 2.75) is 19.3 Å². The quantitative estimate of drug-likeness (QED) is 0.773. The third-order valence-corrected chi connectivity index (χ3v) is 4.57. The normalized spacial score (nSPS) is 34.0. The molecule has 3 rings (SSSR count). The van der Waals surface area contributed by atoms with E-state index >= 15 is 0 Å². The van der Waals surface area contributed by atoms with Gasteiger partial charge in [-0.05, 0) is 30.4 Å². The molecular weight excluding hydrogens is 238 g/mol. The van der Waals surface area contributed by atoms with Crippen LogP contribution >= 0.6 is 0 Å². The number of rotatable bonds is 1. The van der Waals surface area contributed by atoms with E-state index in [9.17, 15) is 10.1 Å². The number of likely N-dealkylation sites (tertiary alicyclic amines) is 1. The minimum atomic E-state index is -0.0806. The molecule has 0 radical (unpaired) electrons. The Hall–Kier alpha value is -1.76. The van der Waals surface area contributed by atoms with Crippen molar-refractivity contribution < 1.29 is 4.79 Å². The van der Waals surface area contributed by atoms with Crippen molar-refractivity contribution in [1.82, 2.24) is 10.2 Å². The molecule has 2 unspecified atom stereocenters. The lowest BCUT2D eigenvalue weighted by Gasteiger charge is -2.35. The summed E-state index contributed by atoms with van der Waals surface area (Å²) in [5.74, 6) is 0.633. The van der Waals surface area contributed by atoms with Gasteiger partial charge in [0.05, 0.1) is 12.0 Å². The lowest BCUT2D eigenvalue weighted by Crippen LogP contribution is -2.34. The molecule has 3 atom stereocenters. The lowest BCUT2D eigenvalue weighted by atomic mass is 9.71. The highest BCUT2D eigenvalue weighted by Gasteiger charge is 2.40. The highest BCUT2D eigenvalue weighted by Crippen LogP contribution is 2.41. The van der Waals surface area contributed by atoms with Crippen LogP contribution in [0, 0.1) is 29.1 Å². The second kappa shape index (κ2) is 4.73. The minimum absolute atomic E-state index is 0.0806. The van der Waals surface area contributed by atoms with Crippen LogP contribution in [0.15, 0.2) is 23.4 Å². The molecule has 0 saturated carbocycles. The minimum Gasteiger partial charge on any atom is -0.385 e. The largest absolute Gasteiger partial charge is 0.385 e. The van der Waals surface area contributed by atoms with E-state index in [1.54, 1.807) is 4.90 Å². The van der Waals surface area contributed by atoms with E-state index in [-0.39, 0.29) is 23.7 Å². The lowest BCUT2D eigenvalue weighted by molar-refractivity contribution is -0.126. The molecule has 2 heterocycles. The first-order valence-electron chi connectivity index (χ1n) is 6.99. The van der Waals surface area contributed by atoms with Crippen LogP contribution in [-0.4, -0.2) is 30.9 Å². The summed E-state index contributed by atoms with van der Waals surface area (Å²) in [6.07, 6.45) is 6.83. The molecule has 100 valence electrons. The molecule has 1 aliphatic carbocycles. The zero-order chi connectivity index (χ0) is 13.4. The van der Waals surface area contributed by atoms with E-state index in [0.717, 1.165) is 25.9 Å². The first kappa shape index (κ1) is 12.3. The molecule has 3 aliphatic rings. The van der Waals surface area contributed by atoms with Crippen molar-refractivity contribution in [3.63, 3.8) is 0 Å². The molecule has 1 saturated heterocycles. The number of nitrogens with zero attached hydrogens (tertiary/aromatic N) is 2. The number of nitrogens with one attached hydrogen (secondary N) is 1. The molecular formula is C15H19N3O. The fraction of sp³-hybridized carbons (Fsp3) is 0.600. The summed E-state index contributed by atoms with van der Waals surface area (Å²) < 4.78 is 0. The first-order valence-corrected chi connectivity index (χ1v) is 6.99. The zero-order valence-electron chi connectivity index (χ0n) is 11.2. The highest BCUT2D eigenvalue weighted by molar-refractivity contribution is 5.78. The van der Waals surface area contributed by atoms with Gasteiger partial charge in [-0.15, -0.1) is 0 Å². The van der Waals surface area contributed by atoms with Crippen molar-refractivity contribution in [3.05, 3.63) is 23.4 Å². The Bertz CT molecular complexity index is 500. The average molecular weight is 257 g/mol. The predicted octanol–water partition coefficient (Wildman–Crippen LogP) is 1.43. The molecule has 19 heavy (non-hydrogen) atoms. The summed E-state index contributed by atoms with van der Waals surface area (Å²) in [7, 11) is 1.86. The van der Waals surface area contributed by atoms with E-state index in [2.05, 4.69) is 17.5 Å². The van der Waals surface area contributed by atoms with Crippen LogP contribution in [0.1, 0.15) is 19.3 Å². The number of hydrogen-bond donors (Lipinski definition) is 1. The molecule has 0 spiro atoms. The van der Waals surface area contributed by atoms with Gasteiger partial charge in [-0.1, -0.05) is 6.08 Å². The summed E-state index contributed by atoms with van der Waals surface area (Å²) in [5.41, 5.74) is 2.57. The third kappa shape index (κ3) is 2.03. The average Bonchev–Trinajstić information content (AvgIpc) is 2.77. The summed E-state index contributed by atoms with van der Waals surface area (Å²) >= 11 is 0. The van der Waals surface area contributed by atoms with Crippen molar-refractivity contribution in [3.8, 4) is 6.07 Å². The Kier molecular flexibility index (Phi) is 3.06. The molecule has 4 heteroatoms. The van der Waals surface area contributed by atoms with E-state index in [1.807, 2.05) is 13.1 Å². The van der Waals surface area contributed by atoms with E-state index in [4.69, 9.17) is 0 Å². The molecule has 1 amide bonds. The maximum Gasteiger partial charge on any atom is 0.222 e. The first-order chi connectivity index (χ1) is 9.20. The van der Waals surface area contributed by atoms with Crippen LogP contribution in [0.5, 0.6) is 0 Å². The van der Waals surface area contributed by atoms with Gasteiger partial charge in [0.2, 0.25) is 5.91 Å². The molecule has 4 nitrogen and oxygen atoms in total. The van der Waals surface area contributed by atoms with Crippen LogP contribution in [-0.2, 0) is 4.79 Å². The van der Waals surface area contributed by atoms with Gasteiger partial charge in [0.15, 0.2) is 0 Å². The number of carbonyl (C=O) groups is 1. The van der Waals surface area contributed by atoms with Crippen LogP contribution in [0.3, 0.4) is 0 Å². The maximum absolute atomic E-state index is 11.8. The number of allylic oxidation sites excluding steroid dienone is 3. The van der Waals surface area contributed by atoms with Crippen molar-refractivity contribution in [2.75, 3.05) is 20.1 Å². The second-order valence-corrected chi connectivity index (χ2v) is 5.75. The Labute approximate surface area is 113 Å². The summed E-state index contributed by atoms with van der Waals surface area (Å²) in [5, 5.41) is 12.8. The smallest absolute Gasteiger partial charge is 0.222 e. The molecule has 0 bridgehead atoms. The predicted molar refractivity (Wildman–Crippen MR) is 71.7 cm³/mol. The van der Waals surface area contributed by atoms with Gasteiger partial charge >= 0.3 is 0 Å². The van der Waals surface area contributed by atoms with Crippen molar-refractivity contribution in [1.29, 1.82) is 5.26 Å². The summed E-state index contributed by atoms with van der Waals surface area (Å²) in [4.78, 5) is 13.6. The van der Waals surface area contributed by atoms with Gasteiger partial charge in [-0.2, -0.15) is 5.26 Å². The third-order valence-electron chi connectivity index (χ3n) is 4.57. The van der Waals surface area contributed by atoms with Gasteiger partial charge in [0.25, 0.3) is 0 Å². The molecule has 1 N–H and O–H groups in total. The fourth-order valence-corrected chi connectivity index (χ4v) is 3.64. The van der Waals surface area contributed by atoms with E-state index < -0.39 is 0 Å². The Morgan fingerprint density at radius 3 is 3.05 bits per heavy atom. The van der Waals surface area contributed by atoms with Crippen LogP contribution in [0.4, 0.5) is 0 Å².